The molecule has 0 aliphatic rings. The topological polar surface area (TPSA) is 66.5 Å². The summed E-state index contributed by atoms with van der Waals surface area (Å²) < 4.78 is 2.10. The second-order valence-corrected chi connectivity index (χ2v) is 5.24. The number of nitrogens with zero attached hydrogens (tertiary/aromatic N) is 2. The maximum Gasteiger partial charge on any atom is 0.328 e. The number of aryl methyl sites for hydroxylation is 2. The van der Waals surface area contributed by atoms with Crippen LogP contribution in [0.3, 0.4) is 0 Å². The Morgan fingerprint density at radius 2 is 2.11 bits per heavy atom. The Balaban J connectivity index is 2.60. The summed E-state index contributed by atoms with van der Waals surface area (Å²) in [5, 5.41) is 0. The van der Waals surface area contributed by atoms with Gasteiger partial charge in [0, 0.05) is 13.0 Å². The molecule has 0 spiro atoms. The highest BCUT2D eigenvalue weighted by Gasteiger charge is 2.10. The van der Waals surface area contributed by atoms with Crippen LogP contribution in [0.2, 0.25) is 0 Å². The molecule has 18 heavy (non-hydrogen) atoms. The first-order chi connectivity index (χ1) is 8.52. The molecule has 2 rings (SSSR count). The fourth-order valence-electron chi connectivity index (χ4n) is 1.85. The molecule has 2 heterocycles. The van der Waals surface area contributed by atoms with Crippen molar-refractivity contribution in [1.29, 1.82) is 0 Å². The van der Waals surface area contributed by atoms with Gasteiger partial charge in [-0.05, 0) is 12.3 Å². The molecule has 0 aromatic carbocycles. The average molecular weight is 266 g/mol. The lowest BCUT2D eigenvalue weighted by Crippen LogP contribution is -2.24. The predicted octanol–water partition coefficient (Wildman–Crippen LogP) is 2.39. The van der Waals surface area contributed by atoms with Gasteiger partial charge in [-0.15, -0.1) is 0 Å². The van der Waals surface area contributed by atoms with Gasteiger partial charge < -0.3 is 4.98 Å². The van der Waals surface area contributed by atoms with Crippen LogP contribution in [0, 0.1) is 10.6 Å². The van der Waals surface area contributed by atoms with Crippen molar-refractivity contribution in [2.75, 3.05) is 0 Å². The largest absolute Gasteiger partial charge is 0.338 e. The third-order valence-corrected chi connectivity index (χ3v) is 3.25. The molecule has 0 radical (unpaired) electrons. The summed E-state index contributed by atoms with van der Waals surface area (Å²) in [5.74, 6) is 1.40. The van der Waals surface area contributed by atoms with E-state index in [0.29, 0.717) is 22.8 Å². The number of imidazole rings is 1. The molecule has 2 aromatic heterocycles. The van der Waals surface area contributed by atoms with Crippen LogP contribution in [0.5, 0.6) is 0 Å². The van der Waals surface area contributed by atoms with Gasteiger partial charge in [0.25, 0.3) is 0 Å². The standard InChI is InChI=1S/C12H18N4OS/c1-4-8-13-9-10(14-8)16(6-5-7(2)3)12(17)15-11(9)18/h7H,4-6H2,1-3H3,(H,13,14)(H,15,17,18). The smallest absolute Gasteiger partial charge is 0.328 e. The van der Waals surface area contributed by atoms with Gasteiger partial charge in [0.2, 0.25) is 0 Å². The van der Waals surface area contributed by atoms with Crippen molar-refractivity contribution in [1.82, 2.24) is 19.5 Å². The van der Waals surface area contributed by atoms with Crippen molar-refractivity contribution in [3.63, 3.8) is 0 Å². The van der Waals surface area contributed by atoms with E-state index in [9.17, 15) is 4.79 Å². The molecule has 0 aliphatic carbocycles. The SMILES string of the molecule is CCc1nc2c([nH]1)c(=S)[nH]c(=O)n2CCC(C)C. The van der Waals surface area contributed by atoms with E-state index >= 15 is 0 Å². The lowest BCUT2D eigenvalue weighted by molar-refractivity contribution is 0.510. The van der Waals surface area contributed by atoms with Gasteiger partial charge in [0.05, 0.1) is 0 Å². The van der Waals surface area contributed by atoms with Crippen molar-refractivity contribution in [3.05, 3.63) is 20.9 Å². The molecule has 6 heteroatoms. The molecule has 2 N–H and O–H groups in total. The van der Waals surface area contributed by atoms with Gasteiger partial charge in [-0.25, -0.2) is 9.78 Å². The Morgan fingerprint density at radius 3 is 2.72 bits per heavy atom. The highest BCUT2D eigenvalue weighted by Crippen LogP contribution is 2.12. The zero-order valence-electron chi connectivity index (χ0n) is 10.9. The fourth-order valence-corrected chi connectivity index (χ4v) is 2.08. The summed E-state index contributed by atoms with van der Waals surface area (Å²) >= 11 is 5.16. The Hall–Kier alpha value is -1.43. The second-order valence-electron chi connectivity index (χ2n) is 4.83. The Bertz CT molecular complexity index is 665. The number of aromatic nitrogens is 4. The number of nitrogens with one attached hydrogen (secondary N) is 2. The zero-order chi connectivity index (χ0) is 13.3. The van der Waals surface area contributed by atoms with Gasteiger partial charge >= 0.3 is 5.69 Å². The van der Waals surface area contributed by atoms with Gasteiger partial charge in [-0.1, -0.05) is 33.0 Å². The van der Waals surface area contributed by atoms with E-state index in [1.807, 2.05) is 6.92 Å². The third kappa shape index (κ3) is 2.38. The minimum atomic E-state index is -0.178. The number of rotatable bonds is 4. The zero-order valence-corrected chi connectivity index (χ0v) is 11.7. The molecule has 98 valence electrons. The number of hydrogen-bond donors (Lipinski definition) is 2. The summed E-state index contributed by atoms with van der Waals surface area (Å²) in [6.07, 6.45) is 1.73. The molecule has 0 aliphatic heterocycles. The van der Waals surface area contributed by atoms with Crippen LogP contribution >= 0.6 is 12.2 Å². The van der Waals surface area contributed by atoms with Crippen LogP contribution in [0.4, 0.5) is 0 Å². The van der Waals surface area contributed by atoms with E-state index in [0.717, 1.165) is 24.2 Å². The predicted molar refractivity (Wildman–Crippen MR) is 74.4 cm³/mol. The monoisotopic (exact) mass is 266 g/mol. The van der Waals surface area contributed by atoms with Gasteiger partial charge in [-0.3, -0.25) is 9.55 Å². The van der Waals surface area contributed by atoms with E-state index in [2.05, 4.69) is 28.8 Å². The summed E-state index contributed by atoms with van der Waals surface area (Å²) in [6, 6.07) is 0. The molecule has 5 nitrogen and oxygen atoms in total. The fraction of sp³-hybridized carbons (Fsp3) is 0.583. The first kappa shape index (κ1) is 13.0. The summed E-state index contributed by atoms with van der Waals surface area (Å²) in [5.41, 5.74) is 1.24. The van der Waals surface area contributed by atoms with E-state index in [1.165, 1.54) is 0 Å². The van der Waals surface area contributed by atoms with Crippen LogP contribution < -0.4 is 5.69 Å². The highest BCUT2D eigenvalue weighted by atomic mass is 32.1. The van der Waals surface area contributed by atoms with Gasteiger partial charge in [-0.2, -0.15) is 0 Å². The van der Waals surface area contributed by atoms with Crippen LogP contribution in [0.1, 0.15) is 33.0 Å². The number of H-pyrrole nitrogens is 2. The summed E-state index contributed by atoms with van der Waals surface area (Å²) in [4.78, 5) is 22.3. The van der Waals surface area contributed by atoms with Crippen molar-refractivity contribution in [2.45, 2.75) is 40.2 Å². The molecule has 0 bridgehead atoms. The molecule has 2 aromatic rings. The van der Waals surface area contributed by atoms with E-state index < -0.39 is 0 Å². The van der Waals surface area contributed by atoms with Gasteiger partial charge in [0.15, 0.2) is 5.65 Å². The van der Waals surface area contributed by atoms with Crippen LogP contribution in [-0.4, -0.2) is 19.5 Å². The first-order valence-corrected chi connectivity index (χ1v) is 6.65. The molecule has 0 fully saturated rings. The molecular formula is C12H18N4OS. The van der Waals surface area contributed by atoms with E-state index in [-0.39, 0.29) is 5.69 Å². The van der Waals surface area contributed by atoms with Crippen molar-refractivity contribution >= 4 is 23.4 Å². The van der Waals surface area contributed by atoms with Crippen molar-refractivity contribution < 1.29 is 0 Å². The van der Waals surface area contributed by atoms with Crippen molar-refractivity contribution in [3.8, 4) is 0 Å². The molecule has 0 saturated heterocycles. The second kappa shape index (κ2) is 5.06. The molecule has 0 atom stereocenters. The summed E-state index contributed by atoms with van der Waals surface area (Å²) in [6.45, 7) is 6.94. The molecule has 0 unspecified atom stereocenters. The molecular weight excluding hydrogens is 248 g/mol. The van der Waals surface area contributed by atoms with Crippen LogP contribution in [0.25, 0.3) is 11.2 Å². The third-order valence-electron chi connectivity index (χ3n) is 2.95. The first-order valence-electron chi connectivity index (χ1n) is 6.24. The van der Waals surface area contributed by atoms with E-state index in [1.54, 1.807) is 4.57 Å². The summed E-state index contributed by atoms with van der Waals surface area (Å²) in [7, 11) is 0. The minimum absolute atomic E-state index is 0.178. The molecule has 0 amide bonds. The van der Waals surface area contributed by atoms with Crippen LogP contribution in [0.15, 0.2) is 4.79 Å². The minimum Gasteiger partial charge on any atom is -0.338 e. The lowest BCUT2D eigenvalue weighted by Gasteiger charge is -2.08. The maximum absolute atomic E-state index is 12.0. The van der Waals surface area contributed by atoms with Gasteiger partial charge in [0.1, 0.15) is 16.0 Å². The quantitative estimate of drug-likeness (QED) is 0.835. The normalized spacial score (nSPS) is 11.6. The van der Waals surface area contributed by atoms with Crippen molar-refractivity contribution in [2.24, 2.45) is 5.92 Å². The number of fused-ring (bicyclic) bond motifs is 1. The number of aromatic amines is 2. The average Bonchev–Trinajstić information content (AvgIpc) is 2.72. The lowest BCUT2D eigenvalue weighted by atomic mass is 10.1. The van der Waals surface area contributed by atoms with E-state index in [4.69, 9.17) is 12.2 Å². The highest BCUT2D eigenvalue weighted by molar-refractivity contribution is 7.71. The maximum atomic E-state index is 12.0. The Kier molecular flexibility index (Phi) is 3.65. The number of hydrogen-bond acceptors (Lipinski definition) is 3. The van der Waals surface area contributed by atoms with Crippen LogP contribution in [-0.2, 0) is 13.0 Å². The molecule has 0 saturated carbocycles. The Morgan fingerprint density at radius 1 is 1.39 bits per heavy atom. The Labute approximate surface area is 110 Å².